The number of urea groups is 1. The van der Waals surface area contributed by atoms with Crippen LogP contribution in [0.5, 0.6) is 5.75 Å². The number of amidine groups is 1. The molecule has 3 aliphatic heterocycles. The normalized spacial score (nSPS) is 20.7. The number of amides is 4. The third kappa shape index (κ3) is 3.73. The van der Waals surface area contributed by atoms with Crippen molar-refractivity contribution in [2.24, 2.45) is 0 Å². The summed E-state index contributed by atoms with van der Waals surface area (Å²) in [6.07, 6.45) is 1.10. The molecule has 0 spiro atoms. The molecule has 0 aliphatic carbocycles. The number of likely N-dealkylation sites (tertiary alicyclic amines) is 1. The SMILES string of the molecule is COc1ccc2c(c1)C(=O)N(C[C@@]1(C#Cc3ccc(C(=N)N4CCC4)cc3)NC(=O)NC1=O)C2. The average molecular weight is 457 g/mol. The summed E-state index contributed by atoms with van der Waals surface area (Å²) in [7, 11) is 1.53. The van der Waals surface area contributed by atoms with Gasteiger partial charge in [0.1, 0.15) is 11.6 Å². The second kappa shape index (κ2) is 8.23. The lowest BCUT2D eigenvalue weighted by atomic mass is 9.98. The Balaban J connectivity index is 1.38. The smallest absolute Gasteiger partial charge is 0.323 e. The summed E-state index contributed by atoms with van der Waals surface area (Å²) >= 11 is 0. The monoisotopic (exact) mass is 457 g/mol. The Bertz CT molecular complexity index is 1270. The minimum Gasteiger partial charge on any atom is -0.497 e. The first-order valence-electron chi connectivity index (χ1n) is 11.0. The van der Waals surface area contributed by atoms with E-state index in [1.807, 2.05) is 23.1 Å². The zero-order valence-corrected chi connectivity index (χ0v) is 18.6. The summed E-state index contributed by atoms with van der Waals surface area (Å²) < 4.78 is 5.21. The third-order valence-corrected chi connectivity index (χ3v) is 6.32. The fraction of sp³-hybridized carbons (Fsp3) is 0.280. The van der Waals surface area contributed by atoms with Crippen LogP contribution >= 0.6 is 0 Å². The molecule has 3 aliphatic rings. The van der Waals surface area contributed by atoms with Crippen molar-refractivity contribution in [1.82, 2.24) is 20.4 Å². The van der Waals surface area contributed by atoms with Gasteiger partial charge in [-0.1, -0.05) is 30.0 Å². The lowest BCUT2D eigenvalue weighted by molar-refractivity contribution is -0.122. The van der Waals surface area contributed by atoms with E-state index in [1.165, 1.54) is 12.0 Å². The van der Waals surface area contributed by atoms with Crippen molar-refractivity contribution in [3.63, 3.8) is 0 Å². The maximum atomic E-state index is 13.0. The van der Waals surface area contributed by atoms with E-state index in [9.17, 15) is 14.4 Å². The van der Waals surface area contributed by atoms with E-state index in [1.54, 1.807) is 24.3 Å². The van der Waals surface area contributed by atoms with Crippen molar-refractivity contribution in [1.29, 1.82) is 5.41 Å². The molecule has 5 rings (SSSR count). The standard InChI is InChI=1S/C25H23N5O4/c1-34-19-8-7-18-14-30(22(31)20(18)13-19)15-25(23(32)27-24(33)28-25)10-9-16-3-5-17(6-4-16)21(26)29-11-2-12-29/h3-8,13,26H,2,11-12,14-15H2,1H3,(H2,27,28,32,33)/t25-/m1/s1. The molecule has 2 fully saturated rings. The summed E-state index contributed by atoms with van der Waals surface area (Å²) in [5.74, 6) is 6.07. The molecule has 1 atom stereocenters. The van der Waals surface area contributed by atoms with Gasteiger partial charge in [-0.25, -0.2) is 4.79 Å². The molecule has 0 saturated carbocycles. The highest BCUT2D eigenvalue weighted by atomic mass is 16.5. The Hall–Kier alpha value is -4.32. The lowest BCUT2D eigenvalue weighted by Gasteiger charge is -2.33. The number of carbonyl (C=O) groups is 3. The van der Waals surface area contributed by atoms with Gasteiger partial charge in [-0.3, -0.25) is 20.3 Å². The molecule has 3 heterocycles. The molecule has 2 saturated heterocycles. The Morgan fingerprint density at radius 3 is 2.53 bits per heavy atom. The van der Waals surface area contributed by atoms with Crippen LogP contribution in [0.4, 0.5) is 4.79 Å². The van der Waals surface area contributed by atoms with Crippen LogP contribution in [-0.2, 0) is 11.3 Å². The van der Waals surface area contributed by atoms with Crippen molar-refractivity contribution in [2.75, 3.05) is 26.7 Å². The van der Waals surface area contributed by atoms with E-state index in [2.05, 4.69) is 22.5 Å². The minimum atomic E-state index is -1.57. The topological polar surface area (TPSA) is 115 Å². The first-order chi connectivity index (χ1) is 16.4. The van der Waals surface area contributed by atoms with Crippen LogP contribution in [0, 0.1) is 17.3 Å². The number of hydrogen-bond donors (Lipinski definition) is 3. The molecule has 0 bridgehead atoms. The first kappa shape index (κ1) is 21.5. The molecule has 172 valence electrons. The van der Waals surface area contributed by atoms with Crippen LogP contribution < -0.4 is 15.4 Å². The number of nitrogens with zero attached hydrogens (tertiary/aromatic N) is 2. The quantitative estimate of drug-likeness (QED) is 0.277. The van der Waals surface area contributed by atoms with E-state index in [0.717, 1.165) is 30.6 Å². The number of rotatable bonds is 4. The lowest BCUT2D eigenvalue weighted by Crippen LogP contribution is -2.54. The second-order valence-electron chi connectivity index (χ2n) is 8.51. The van der Waals surface area contributed by atoms with E-state index in [-0.39, 0.29) is 12.5 Å². The van der Waals surface area contributed by atoms with Crippen molar-refractivity contribution < 1.29 is 19.1 Å². The Morgan fingerprint density at radius 2 is 1.91 bits per heavy atom. The van der Waals surface area contributed by atoms with Gasteiger partial charge in [-0.15, -0.1) is 0 Å². The number of fused-ring (bicyclic) bond motifs is 1. The molecule has 2 aromatic carbocycles. The van der Waals surface area contributed by atoms with Crippen LogP contribution in [0.1, 0.15) is 33.5 Å². The minimum absolute atomic E-state index is 0.0922. The molecule has 0 aromatic heterocycles. The van der Waals surface area contributed by atoms with Crippen LogP contribution in [-0.4, -0.2) is 65.8 Å². The molecule has 0 unspecified atom stereocenters. The van der Waals surface area contributed by atoms with Gasteiger partial charge in [0.25, 0.3) is 11.8 Å². The van der Waals surface area contributed by atoms with Gasteiger partial charge < -0.3 is 19.9 Å². The van der Waals surface area contributed by atoms with Gasteiger partial charge in [0.2, 0.25) is 5.54 Å². The van der Waals surface area contributed by atoms with Crippen LogP contribution in [0.15, 0.2) is 42.5 Å². The first-order valence-corrected chi connectivity index (χ1v) is 11.0. The number of carbonyl (C=O) groups excluding carboxylic acids is 3. The highest BCUT2D eigenvalue weighted by Crippen LogP contribution is 2.28. The van der Waals surface area contributed by atoms with Gasteiger partial charge in [0.15, 0.2) is 0 Å². The number of benzene rings is 2. The number of methoxy groups -OCH3 is 1. The molecule has 2 aromatic rings. The summed E-state index contributed by atoms with van der Waals surface area (Å²) in [6.45, 7) is 2.00. The van der Waals surface area contributed by atoms with Crippen LogP contribution in [0.3, 0.4) is 0 Å². The number of hydrogen-bond acceptors (Lipinski definition) is 5. The highest BCUT2D eigenvalue weighted by Gasteiger charge is 2.48. The maximum Gasteiger partial charge on any atom is 0.323 e. The molecule has 9 nitrogen and oxygen atoms in total. The van der Waals surface area contributed by atoms with Gasteiger partial charge in [-0.2, -0.15) is 0 Å². The van der Waals surface area contributed by atoms with Gasteiger partial charge >= 0.3 is 6.03 Å². The summed E-state index contributed by atoms with van der Waals surface area (Å²) in [5, 5.41) is 13.1. The maximum absolute atomic E-state index is 13.0. The molecular formula is C25H23N5O4. The third-order valence-electron chi connectivity index (χ3n) is 6.32. The summed E-state index contributed by atoms with van der Waals surface area (Å²) in [6, 6.07) is 11.8. The van der Waals surface area contributed by atoms with Crippen molar-refractivity contribution in [3.8, 4) is 17.6 Å². The molecule has 34 heavy (non-hydrogen) atoms. The predicted molar refractivity (Wildman–Crippen MR) is 123 cm³/mol. The highest BCUT2D eigenvalue weighted by molar-refractivity contribution is 6.10. The van der Waals surface area contributed by atoms with E-state index in [0.29, 0.717) is 29.3 Å². The zero-order valence-electron chi connectivity index (χ0n) is 18.6. The average Bonchev–Trinajstić information content (AvgIpc) is 3.26. The fourth-order valence-electron chi connectivity index (χ4n) is 4.22. The fourth-order valence-corrected chi connectivity index (χ4v) is 4.22. The zero-order chi connectivity index (χ0) is 23.9. The van der Waals surface area contributed by atoms with E-state index in [4.69, 9.17) is 10.1 Å². The summed E-state index contributed by atoms with van der Waals surface area (Å²) in [5.41, 5.74) is 1.19. The van der Waals surface area contributed by atoms with Crippen LogP contribution in [0.25, 0.3) is 0 Å². The van der Waals surface area contributed by atoms with Crippen molar-refractivity contribution in [2.45, 2.75) is 18.5 Å². The largest absolute Gasteiger partial charge is 0.497 e. The Kier molecular flexibility index (Phi) is 5.21. The predicted octanol–water partition coefficient (Wildman–Crippen LogP) is 1.31. The molecule has 4 amide bonds. The Morgan fingerprint density at radius 1 is 1.15 bits per heavy atom. The van der Waals surface area contributed by atoms with Gasteiger partial charge in [0.05, 0.1) is 13.7 Å². The number of nitrogens with one attached hydrogen (secondary N) is 3. The molecule has 0 radical (unpaired) electrons. The van der Waals surface area contributed by atoms with Crippen molar-refractivity contribution in [3.05, 3.63) is 64.7 Å². The number of imide groups is 1. The van der Waals surface area contributed by atoms with Gasteiger partial charge in [0, 0.05) is 36.3 Å². The van der Waals surface area contributed by atoms with E-state index < -0.39 is 17.5 Å². The van der Waals surface area contributed by atoms with Crippen LogP contribution in [0.2, 0.25) is 0 Å². The molecular weight excluding hydrogens is 434 g/mol. The molecule has 3 N–H and O–H groups in total. The van der Waals surface area contributed by atoms with E-state index >= 15 is 0 Å². The second-order valence-corrected chi connectivity index (χ2v) is 8.51. The molecule has 9 heteroatoms. The van der Waals surface area contributed by atoms with Gasteiger partial charge in [-0.05, 0) is 36.2 Å². The van der Waals surface area contributed by atoms with Crippen molar-refractivity contribution >= 4 is 23.7 Å². The number of ether oxygens (including phenoxy) is 1. The Labute approximate surface area is 196 Å². The summed E-state index contributed by atoms with van der Waals surface area (Å²) in [4.78, 5) is 41.3.